The van der Waals surface area contributed by atoms with Gasteiger partial charge in [0.2, 0.25) is 5.91 Å². The van der Waals surface area contributed by atoms with Crippen molar-refractivity contribution in [3.05, 3.63) is 48.3 Å². The molecule has 0 spiro atoms. The molecule has 0 radical (unpaired) electrons. The minimum atomic E-state index is 0. The average molecular weight is 496 g/mol. The number of fused-ring (bicyclic) bond motifs is 1. The van der Waals surface area contributed by atoms with Gasteiger partial charge in [0, 0.05) is 57.7 Å². The number of anilines is 1. The average Bonchev–Trinajstić information content (AvgIpc) is 3.36. The number of amides is 1. The molecule has 1 aliphatic rings. The summed E-state index contributed by atoms with van der Waals surface area (Å²) in [7, 11) is 1.76. The predicted octanol–water partition coefficient (Wildman–Crippen LogP) is 2.43. The number of hydrogen-bond donors (Lipinski definition) is 2. The number of carbonyl (C=O) groups excluding carboxylic acids is 1. The second kappa shape index (κ2) is 11.7. The number of carbonyl (C=O) groups is 1. The van der Waals surface area contributed by atoms with Crippen LogP contribution >= 0.6 is 24.0 Å². The van der Waals surface area contributed by atoms with Crippen molar-refractivity contribution in [1.29, 1.82) is 0 Å². The summed E-state index contributed by atoms with van der Waals surface area (Å²) in [5.41, 5.74) is 2.34. The molecule has 0 saturated heterocycles. The second-order valence-electron chi connectivity index (χ2n) is 6.58. The Morgan fingerprint density at radius 2 is 1.96 bits per heavy atom. The Morgan fingerprint density at radius 1 is 1.18 bits per heavy atom. The van der Waals surface area contributed by atoms with Gasteiger partial charge in [-0.05, 0) is 37.0 Å². The van der Waals surface area contributed by atoms with E-state index < -0.39 is 0 Å². The molecule has 1 aliphatic heterocycles. The Bertz CT molecular complexity index is 762. The molecule has 8 heteroatoms. The van der Waals surface area contributed by atoms with Crippen molar-refractivity contribution in [3.63, 3.8) is 0 Å². The molecule has 3 rings (SSSR count). The van der Waals surface area contributed by atoms with E-state index in [9.17, 15) is 4.79 Å². The van der Waals surface area contributed by atoms with Crippen molar-refractivity contribution in [2.45, 2.75) is 32.2 Å². The predicted molar refractivity (Wildman–Crippen MR) is 123 cm³/mol. The number of nitrogens with one attached hydrogen (secondary N) is 2. The fourth-order valence-electron chi connectivity index (χ4n) is 3.28. The summed E-state index contributed by atoms with van der Waals surface area (Å²) in [6.45, 7) is 3.22. The number of aliphatic imine (C=N–C) groups is 1. The third kappa shape index (κ3) is 6.22. The lowest BCUT2D eigenvalue weighted by Gasteiger charge is -2.17. The standard InChI is InChI=1S/C20H28N6O.HI/c1-21-20(23-12-5-14-25-15-6-13-24-25)22-11-4-9-19(27)26-16-10-17-7-2-3-8-18(17)26;/h2-3,6-8,13,15H,4-5,9-12,14,16H2,1H3,(H2,21,22,23);1H. The summed E-state index contributed by atoms with van der Waals surface area (Å²) in [6.07, 6.45) is 6.99. The van der Waals surface area contributed by atoms with Gasteiger partial charge in [-0.2, -0.15) is 5.10 Å². The normalized spacial score (nSPS) is 13.0. The van der Waals surface area contributed by atoms with E-state index in [0.29, 0.717) is 6.42 Å². The van der Waals surface area contributed by atoms with Gasteiger partial charge >= 0.3 is 0 Å². The van der Waals surface area contributed by atoms with E-state index in [4.69, 9.17) is 0 Å². The lowest BCUT2D eigenvalue weighted by atomic mass is 10.2. The third-order valence-corrected chi connectivity index (χ3v) is 4.69. The van der Waals surface area contributed by atoms with Gasteiger partial charge in [0.25, 0.3) is 0 Å². The number of para-hydroxylation sites is 1. The zero-order valence-corrected chi connectivity index (χ0v) is 18.6. The van der Waals surface area contributed by atoms with Gasteiger partial charge in [0.1, 0.15) is 0 Å². The zero-order chi connectivity index (χ0) is 18.9. The summed E-state index contributed by atoms with van der Waals surface area (Å²) in [5.74, 6) is 0.971. The number of aromatic nitrogens is 2. The Hall–Kier alpha value is -2.10. The maximum Gasteiger partial charge on any atom is 0.227 e. The lowest BCUT2D eigenvalue weighted by molar-refractivity contribution is -0.118. The summed E-state index contributed by atoms with van der Waals surface area (Å²) in [4.78, 5) is 18.6. The van der Waals surface area contributed by atoms with Crippen LogP contribution in [0.2, 0.25) is 0 Å². The first-order chi connectivity index (χ1) is 13.3. The molecule has 7 nitrogen and oxygen atoms in total. The molecular weight excluding hydrogens is 467 g/mol. The Kier molecular flexibility index (Phi) is 9.26. The molecule has 152 valence electrons. The fraction of sp³-hybridized carbons (Fsp3) is 0.450. The highest BCUT2D eigenvalue weighted by molar-refractivity contribution is 14.0. The molecule has 0 aliphatic carbocycles. The van der Waals surface area contributed by atoms with Gasteiger partial charge in [0.05, 0.1) is 0 Å². The smallest absolute Gasteiger partial charge is 0.227 e. The number of rotatable bonds is 8. The van der Waals surface area contributed by atoms with Crippen LogP contribution in [0, 0.1) is 0 Å². The quantitative estimate of drug-likeness (QED) is 0.255. The monoisotopic (exact) mass is 496 g/mol. The molecule has 1 aromatic carbocycles. The van der Waals surface area contributed by atoms with Crippen LogP contribution in [0.25, 0.3) is 0 Å². The largest absolute Gasteiger partial charge is 0.356 e. The van der Waals surface area contributed by atoms with Crippen LogP contribution in [0.5, 0.6) is 0 Å². The van der Waals surface area contributed by atoms with E-state index in [1.165, 1.54) is 5.56 Å². The molecule has 1 amide bonds. The molecule has 0 fully saturated rings. The number of aryl methyl sites for hydroxylation is 1. The van der Waals surface area contributed by atoms with Gasteiger partial charge < -0.3 is 15.5 Å². The molecule has 0 saturated carbocycles. The summed E-state index contributed by atoms with van der Waals surface area (Å²) in [5, 5.41) is 10.7. The Labute approximate surface area is 183 Å². The van der Waals surface area contributed by atoms with Crippen molar-refractivity contribution < 1.29 is 4.79 Å². The van der Waals surface area contributed by atoms with Crippen LogP contribution in [0.1, 0.15) is 24.8 Å². The molecule has 2 N–H and O–H groups in total. The Balaban J connectivity index is 0.00000280. The van der Waals surface area contributed by atoms with Gasteiger partial charge in [-0.3, -0.25) is 14.5 Å². The van der Waals surface area contributed by atoms with Crippen molar-refractivity contribution >= 4 is 41.5 Å². The molecule has 2 aromatic rings. The topological polar surface area (TPSA) is 74.6 Å². The maximum absolute atomic E-state index is 12.5. The van der Waals surface area contributed by atoms with E-state index in [1.54, 1.807) is 13.2 Å². The van der Waals surface area contributed by atoms with Crippen LogP contribution in [0.15, 0.2) is 47.7 Å². The molecule has 1 aromatic heterocycles. The highest BCUT2D eigenvalue weighted by atomic mass is 127. The summed E-state index contributed by atoms with van der Waals surface area (Å²) >= 11 is 0. The lowest BCUT2D eigenvalue weighted by Crippen LogP contribution is -2.39. The molecule has 0 bridgehead atoms. The second-order valence-corrected chi connectivity index (χ2v) is 6.58. The van der Waals surface area contributed by atoms with E-state index in [1.807, 2.05) is 40.0 Å². The van der Waals surface area contributed by atoms with E-state index >= 15 is 0 Å². The van der Waals surface area contributed by atoms with Crippen LogP contribution < -0.4 is 15.5 Å². The van der Waals surface area contributed by atoms with Gasteiger partial charge in [-0.15, -0.1) is 24.0 Å². The third-order valence-electron chi connectivity index (χ3n) is 4.69. The van der Waals surface area contributed by atoms with Crippen molar-refractivity contribution in [3.8, 4) is 0 Å². The van der Waals surface area contributed by atoms with Crippen LogP contribution in [-0.2, 0) is 17.8 Å². The molecule has 0 unspecified atom stereocenters. The number of nitrogens with zero attached hydrogens (tertiary/aromatic N) is 4. The van der Waals surface area contributed by atoms with E-state index in [-0.39, 0.29) is 29.9 Å². The molecule has 28 heavy (non-hydrogen) atoms. The molecule has 0 atom stereocenters. The van der Waals surface area contributed by atoms with E-state index in [2.05, 4.69) is 26.8 Å². The van der Waals surface area contributed by atoms with Crippen molar-refractivity contribution in [1.82, 2.24) is 20.4 Å². The maximum atomic E-state index is 12.5. The first kappa shape index (κ1) is 22.2. The highest BCUT2D eigenvalue weighted by Gasteiger charge is 2.23. The summed E-state index contributed by atoms with van der Waals surface area (Å²) < 4.78 is 1.92. The van der Waals surface area contributed by atoms with Gasteiger partial charge in [-0.25, -0.2) is 0 Å². The number of halogens is 1. The van der Waals surface area contributed by atoms with E-state index in [0.717, 1.165) is 57.1 Å². The van der Waals surface area contributed by atoms with Crippen LogP contribution in [0.3, 0.4) is 0 Å². The van der Waals surface area contributed by atoms with Crippen LogP contribution in [-0.4, -0.2) is 48.3 Å². The zero-order valence-electron chi connectivity index (χ0n) is 16.3. The highest BCUT2D eigenvalue weighted by Crippen LogP contribution is 2.27. The molecular formula is C20H29IN6O. The fourth-order valence-corrected chi connectivity index (χ4v) is 3.28. The van der Waals surface area contributed by atoms with Crippen molar-refractivity contribution in [2.24, 2.45) is 4.99 Å². The minimum absolute atomic E-state index is 0. The van der Waals surface area contributed by atoms with Crippen molar-refractivity contribution in [2.75, 3.05) is 31.6 Å². The number of hydrogen-bond acceptors (Lipinski definition) is 3. The SMILES string of the molecule is CN=C(NCCCC(=O)N1CCc2ccccc21)NCCCn1cccn1.I. The molecule has 2 heterocycles. The Morgan fingerprint density at radius 3 is 2.71 bits per heavy atom. The van der Waals surface area contributed by atoms with Gasteiger partial charge in [-0.1, -0.05) is 18.2 Å². The first-order valence-corrected chi connectivity index (χ1v) is 9.58. The van der Waals surface area contributed by atoms with Gasteiger partial charge in [0.15, 0.2) is 5.96 Å². The number of guanidine groups is 1. The first-order valence-electron chi connectivity index (χ1n) is 9.58. The van der Waals surface area contributed by atoms with Crippen LogP contribution in [0.4, 0.5) is 5.69 Å². The minimum Gasteiger partial charge on any atom is -0.356 e. The number of benzene rings is 1. The summed E-state index contributed by atoms with van der Waals surface area (Å²) in [6, 6.07) is 10.1.